The molecule has 0 bridgehead atoms. The fourth-order valence-electron chi connectivity index (χ4n) is 3.94. The monoisotopic (exact) mass is 477 g/mol. The van der Waals surface area contributed by atoms with Crippen LogP contribution in [0.1, 0.15) is 42.0 Å². The highest BCUT2D eigenvalue weighted by molar-refractivity contribution is 6.33. The third-order valence-electron chi connectivity index (χ3n) is 5.64. The summed E-state index contributed by atoms with van der Waals surface area (Å²) >= 11 is 6.20. The number of hydrogen-bond acceptors (Lipinski definition) is 4. The second-order valence-electron chi connectivity index (χ2n) is 7.99. The maximum absolute atomic E-state index is 12.8. The van der Waals surface area contributed by atoms with Crippen LogP contribution in [0.5, 0.6) is 11.5 Å². The number of halogens is 1. The zero-order valence-electron chi connectivity index (χ0n) is 19.3. The van der Waals surface area contributed by atoms with E-state index in [1.807, 2.05) is 49.4 Å². The summed E-state index contributed by atoms with van der Waals surface area (Å²) in [4.78, 5) is 17.6. The van der Waals surface area contributed by atoms with E-state index < -0.39 is 0 Å². The number of amides is 1. The first-order chi connectivity index (χ1) is 16.6. The Morgan fingerprint density at radius 2 is 1.71 bits per heavy atom. The van der Waals surface area contributed by atoms with Crippen molar-refractivity contribution in [3.05, 3.63) is 89.2 Å². The molecule has 0 fully saturated rings. The summed E-state index contributed by atoms with van der Waals surface area (Å²) in [6.45, 7) is 3.29. The van der Waals surface area contributed by atoms with E-state index in [1.165, 1.54) is 0 Å². The van der Waals surface area contributed by atoms with Gasteiger partial charge < -0.3 is 19.4 Å². The maximum atomic E-state index is 12.8. The number of ether oxygens (including phenoxy) is 2. The number of methoxy groups -OCH3 is 1. The minimum Gasteiger partial charge on any atom is -0.493 e. The molecule has 0 saturated carbocycles. The molecular weight excluding hydrogens is 450 g/mol. The van der Waals surface area contributed by atoms with Gasteiger partial charge in [0.1, 0.15) is 5.82 Å². The van der Waals surface area contributed by atoms with Crippen LogP contribution in [-0.4, -0.2) is 29.2 Å². The van der Waals surface area contributed by atoms with E-state index >= 15 is 0 Å². The molecule has 0 spiro atoms. The van der Waals surface area contributed by atoms with Crippen LogP contribution in [-0.2, 0) is 6.54 Å². The van der Waals surface area contributed by atoms with Crippen molar-refractivity contribution in [2.45, 2.75) is 32.4 Å². The lowest BCUT2D eigenvalue weighted by atomic mass is 10.2. The largest absolute Gasteiger partial charge is 0.493 e. The lowest BCUT2D eigenvalue weighted by molar-refractivity contribution is 0.0938. The van der Waals surface area contributed by atoms with Crippen LogP contribution >= 0.6 is 11.6 Å². The van der Waals surface area contributed by atoms with Gasteiger partial charge in [-0.25, -0.2) is 4.98 Å². The van der Waals surface area contributed by atoms with Crippen LogP contribution in [0.3, 0.4) is 0 Å². The Kier molecular flexibility index (Phi) is 7.70. The average molecular weight is 478 g/mol. The maximum Gasteiger partial charge on any atom is 0.253 e. The van der Waals surface area contributed by atoms with Crippen molar-refractivity contribution in [2.75, 3.05) is 13.7 Å². The average Bonchev–Trinajstić information content (AvgIpc) is 3.23. The lowest BCUT2D eigenvalue weighted by Crippen LogP contribution is -2.29. The number of aromatic nitrogens is 2. The Hall–Kier alpha value is -3.51. The third kappa shape index (κ3) is 5.34. The SMILES string of the molecule is COc1ccccc1OCCCCn1c(C(C)NC(=O)c2ccccc2Cl)nc2ccccc21. The van der Waals surface area contributed by atoms with Crippen LogP contribution in [0.15, 0.2) is 72.8 Å². The standard InChI is InChI=1S/C27H28ClN3O3/c1-19(29-27(32)20-11-3-4-12-21(20)28)26-30-22-13-5-6-14-23(22)31(26)17-9-10-18-34-25-16-8-7-15-24(25)33-2/h3-8,11-16,19H,9-10,17-18H2,1-2H3,(H,29,32). The Morgan fingerprint density at radius 3 is 2.50 bits per heavy atom. The Bertz CT molecular complexity index is 1270. The van der Waals surface area contributed by atoms with Gasteiger partial charge in [0.05, 0.1) is 41.4 Å². The Morgan fingerprint density at radius 1 is 1.00 bits per heavy atom. The van der Waals surface area contributed by atoms with Crippen LogP contribution in [0, 0.1) is 0 Å². The molecule has 7 heteroatoms. The van der Waals surface area contributed by atoms with E-state index in [-0.39, 0.29) is 11.9 Å². The number of imidazole rings is 1. The van der Waals surface area contributed by atoms with Crippen molar-refractivity contribution in [1.29, 1.82) is 0 Å². The number of unbranched alkanes of at least 4 members (excludes halogenated alkanes) is 1. The molecule has 0 aliphatic rings. The highest BCUT2D eigenvalue weighted by atomic mass is 35.5. The minimum absolute atomic E-state index is 0.220. The molecule has 1 aromatic heterocycles. The van der Waals surface area contributed by atoms with E-state index in [1.54, 1.807) is 31.4 Å². The molecule has 6 nitrogen and oxygen atoms in total. The van der Waals surface area contributed by atoms with Crippen LogP contribution in [0.4, 0.5) is 0 Å². The molecule has 0 saturated heterocycles. The van der Waals surface area contributed by atoms with Crippen molar-refractivity contribution in [3.8, 4) is 11.5 Å². The number of nitrogens with zero attached hydrogens (tertiary/aromatic N) is 2. The smallest absolute Gasteiger partial charge is 0.253 e. The van der Waals surface area contributed by atoms with E-state index in [0.717, 1.165) is 47.7 Å². The van der Waals surface area contributed by atoms with E-state index in [0.29, 0.717) is 17.2 Å². The van der Waals surface area contributed by atoms with Crippen molar-refractivity contribution in [3.63, 3.8) is 0 Å². The number of benzene rings is 3. The van der Waals surface area contributed by atoms with Gasteiger partial charge in [-0.1, -0.05) is 48.0 Å². The second kappa shape index (κ2) is 11.1. The van der Waals surface area contributed by atoms with Crippen LogP contribution in [0.25, 0.3) is 11.0 Å². The van der Waals surface area contributed by atoms with Gasteiger partial charge in [-0.3, -0.25) is 4.79 Å². The van der Waals surface area contributed by atoms with Crippen molar-refractivity contribution < 1.29 is 14.3 Å². The zero-order valence-corrected chi connectivity index (χ0v) is 20.1. The Balaban J connectivity index is 1.43. The number of para-hydroxylation sites is 4. The molecule has 4 rings (SSSR count). The highest BCUT2D eigenvalue weighted by Gasteiger charge is 2.20. The first kappa shape index (κ1) is 23.6. The van der Waals surface area contributed by atoms with Gasteiger partial charge in [-0.2, -0.15) is 0 Å². The summed E-state index contributed by atoms with van der Waals surface area (Å²) < 4.78 is 13.4. The molecule has 1 unspecified atom stereocenters. The molecule has 0 radical (unpaired) electrons. The van der Waals surface area contributed by atoms with E-state index in [2.05, 4.69) is 16.0 Å². The summed E-state index contributed by atoms with van der Waals surface area (Å²) in [5.74, 6) is 2.07. The topological polar surface area (TPSA) is 65.4 Å². The number of aryl methyl sites for hydroxylation is 1. The van der Waals surface area contributed by atoms with Gasteiger partial charge in [0.2, 0.25) is 0 Å². The molecule has 34 heavy (non-hydrogen) atoms. The molecule has 1 amide bonds. The van der Waals surface area contributed by atoms with Crippen LogP contribution < -0.4 is 14.8 Å². The molecule has 1 heterocycles. The normalized spacial score (nSPS) is 11.9. The number of hydrogen-bond donors (Lipinski definition) is 1. The van der Waals surface area contributed by atoms with Gasteiger partial charge >= 0.3 is 0 Å². The molecule has 4 aromatic rings. The fraction of sp³-hybridized carbons (Fsp3) is 0.259. The van der Waals surface area contributed by atoms with Crippen LogP contribution in [0.2, 0.25) is 5.02 Å². The van der Waals surface area contributed by atoms with Gasteiger partial charge in [0, 0.05) is 6.54 Å². The minimum atomic E-state index is -0.291. The number of carbonyl (C=O) groups excluding carboxylic acids is 1. The number of fused-ring (bicyclic) bond motifs is 1. The van der Waals surface area contributed by atoms with Crippen molar-refractivity contribution >= 4 is 28.5 Å². The lowest BCUT2D eigenvalue weighted by Gasteiger charge is -2.17. The first-order valence-electron chi connectivity index (χ1n) is 11.3. The van der Waals surface area contributed by atoms with Gasteiger partial charge in [-0.05, 0) is 56.2 Å². The fourth-order valence-corrected chi connectivity index (χ4v) is 4.16. The zero-order chi connectivity index (χ0) is 23.9. The third-order valence-corrected chi connectivity index (χ3v) is 5.97. The summed E-state index contributed by atoms with van der Waals surface area (Å²) in [5.41, 5.74) is 2.40. The van der Waals surface area contributed by atoms with Gasteiger partial charge in [-0.15, -0.1) is 0 Å². The van der Waals surface area contributed by atoms with E-state index in [9.17, 15) is 4.79 Å². The molecule has 3 aromatic carbocycles. The van der Waals surface area contributed by atoms with Crippen molar-refractivity contribution in [1.82, 2.24) is 14.9 Å². The first-order valence-corrected chi connectivity index (χ1v) is 11.7. The van der Waals surface area contributed by atoms with E-state index in [4.69, 9.17) is 26.1 Å². The predicted octanol–water partition coefficient (Wildman–Crippen LogP) is 6.05. The molecule has 1 atom stereocenters. The molecule has 0 aliphatic heterocycles. The summed E-state index contributed by atoms with van der Waals surface area (Å²) in [7, 11) is 1.64. The second-order valence-corrected chi connectivity index (χ2v) is 8.40. The number of nitrogens with one attached hydrogen (secondary N) is 1. The molecule has 176 valence electrons. The molecule has 1 N–H and O–H groups in total. The summed E-state index contributed by atoms with van der Waals surface area (Å²) in [6, 6.07) is 22.4. The Labute approximate surface area is 204 Å². The number of carbonyl (C=O) groups is 1. The predicted molar refractivity (Wildman–Crippen MR) is 135 cm³/mol. The summed E-state index contributed by atoms with van der Waals surface area (Å²) in [6.07, 6.45) is 1.76. The molecule has 0 aliphatic carbocycles. The highest BCUT2D eigenvalue weighted by Crippen LogP contribution is 2.26. The molecular formula is C27H28ClN3O3. The van der Waals surface area contributed by atoms with Gasteiger partial charge in [0.15, 0.2) is 11.5 Å². The summed E-state index contributed by atoms with van der Waals surface area (Å²) in [5, 5.41) is 3.47. The van der Waals surface area contributed by atoms with Gasteiger partial charge in [0.25, 0.3) is 5.91 Å². The quantitative estimate of drug-likeness (QED) is 0.282. The van der Waals surface area contributed by atoms with Crippen molar-refractivity contribution in [2.24, 2.45) is 0 Å². The number of rotatable bonds is 10.